The summed E-state index contributed by atoms with van der Waals surface area (Å²) < 4.78 is 35.1. The fourth-order valence-electron chi connectivity index (χ4n) is 1.06. The van der Waals surface area contributed by atoms with Crippen LogP contribution in [0.1, 0.15) is 20.3 Å². The smallest absolute Gasteiger partial charge is 0.213 e. The largest absolute Gasteiger partial charge is 0.389 e. The number of aliphatic hydroxyl groups is 1. The van der Waals surface area contributed by atoms with E-state index in [1.807, 2.05) is 0 Å². The molecule has 6 nitrogen and oxygen atoms in total. The van der Waals surface area contributed by atoms with Crippen molar-refractivity contribution in [2.24, 2.45) is 0 Å². The van der Waals surface area contributed by atoms with E-state index < -0.39 is 15.6 Å². The predicted octanol–water partition coefficient (Wildman–Crippen LogP) is -0.270. The Hall–Kier alpha value is -0.210. The summed E-state index contributed by atoms with van der Waals surface area (Å²) in [5.74, 6) is -0.0960. The molecule has 2 N–H and O–H groups in total. The summed E-state index contributed by atoms with van der Waals surface area (Å²) in [5.41, 5.74) is -1.10. The summed E-state index contributed by atoms with van der Waals surface area (Å²) >= 11 is 0. The fraction of sp³-hybridized carbons (Fsp3) is 1.00. The molecule has 1 atom stereocenters. The number of methoxy groups -OCH3 is 1. The Bertz CT molecular complexity index is 289. The fourth-order valence-corrected chi connectivity index (χ4v) is 2.07. The van der Waals surface area contributed by atoms with Gasteiger partial charge in [-0.15, -0.1) is 0 Å². The predicted molar refractivity (Wildman–Crippen MR) is 65.4 cm³/mol. The third-order valence-electron chi connectivity index (χ3n) is 2.22. The lowest BCUT2D eigenvalue weighted by atomic mass is 10.0. The Kier molecular flexibility index (Phi) is 7.89. The van der Waals surface area contributed by atoms with Crippen LogP contribution in [0.4, 0.5) is 0 Å². The van der Waals surface area contributed by atoms with E-state index in [-0.39, 0.29) is 18.9 Å². The van der Waals surface area contributed by atoms with Crippen LogP contribution in [0, 0.1) is 0 Å². The first-order chi connectivity index (χ1) is 7.83. The van der Waals surface area contributed by atoms with Crippen molar-refractivity contribution in [3.63, 3.8) is 0 Å². The van der Waals surface area contributed by atoms with E-state index in [1.165, 1.54) is 7.11 Å². The molecule has 0 spiro atoms. The van der Waals surface area contributed by atoms with Gasteiger partial charge in [0.15, 0.2) is 0 Å². The van der Waals surface area contributed by atoms with Gasteiger partial charge in [-0.3, -0.25) is 0 Å². The normalized spacial score (nSPS) is 15.8. The molecule has 0 rings (SSSR count). The lowest BCUT2D eigenvalue weighted by molar-refractivity contribution is 0.0291. The van der Waals surface area contributed by atoms with Crippen LogP contribution in [0.3, 0.4) is 0 Å². The van der Waals surface area contributed by atoms with Crippen LogP contribution in [-0.2, 0) is 19.5 Å². The van der Waals surface area contributed by atoms with Crippen molar-refractivity contribution in [2.45, 2.75) is 25.9 Å². The second-order valence-corrected chi connectivity index (χ2v) is 6.00. The molecule has 0 radical (unpaired) electrons. The third kappa shape index (κ3) is 9.49. The van der Waals surface area contributed by atoms with E-state index in [2.05, 4.69) is 4.72 Å². The zero-order chi connectivity index (χ0) is 13.4. The molecule has 0 fully saturated rings. The van der Waals surface area contributed by atoms with Gasteiger partial charge in [0.05, 0.1) is 18.0 Å². The van der Waals surface area contributed by atoms with E-state index in [4.69, 9.17) is 9.47 Å². The molecule has 1 unspecified atom stereocenters. The molecular formula is C10H23NO5S. The highest BCUT2D eigenvalue weighted by Gasteiger charge is 2.22. The Morgan fingerprint density at radius 2 is 2.00 bits per heavy atom. The van der Waals surface area contributed by atoms with Crippen molar-refractivity contribution in [3.05, 3.63) is 0 Å². The van der Waals surface area contributed by atoms with Gasteiger partial charge in [-0.1, -0.05) is 0 Å². The first kappa shape index (κ1) is 16.8. The van der Waals surface area contributed by atoms with Gasteiger partial charge in [-0.05, 0) is 13.8 Å². The van der Waals surface area contributed by atoms with Crippen LogP contribution in [0.2, 0.25) is 0 Å². The number of nitrogens with one attached hydrogen (secondary N) is 1. The SMILES string of the molecule is CCOCCS(=O)(=O)NCC(C)(O)CCOC. The summed E-state index contributed by atoms with van der Waals surface area (Å²) in [6.45, 7) is 4.37. The summed E-state index contributed by atoms with van der Waals surface area (Å²) in [6.07, 6.45) is 0.373. The second kappa shape index (κ2) is 7.99. The Morgan fingerprint density at radius 1 is 1.35 bits per heavy atom. The summed E-state index contributed by atoms with van der Waals surface area (Å²) in [4.78, 5) is 0. The molecule has 17 heavy (non-hydrogen) atoms. The quantitative estimate of drug-likeness (QED) is 0.533. The van der Waals surface area contributed by atoms with Crippen LogP contribution in [0.25, 0.3) is 0 Å². The van der Waals surface area contributed by atoms with Crippen molar-refractivity contribution in [1.29, 1.82) is 0 Å². The van der Waals surface area contributed by atoms with Crippen LogP contribution in [-0.4, -0.2) is 58.4 Å². The van der Waals surface area contributed by atoms with Crippen molar-refractivity contribution < 1.29 is 23.0 Å². The topological polar surface area (TPSA) is 84.9 Å². The van der Waals surface area contributed by atoms with Crippen LogP contribution in [0.5, 0.6) is 0 Å². The maximum absolute atomic E-state index is 11.5. The van der Waals surface area contributed by atoms with Crippen LogP contribution >= 0.6 is 0 Å². The van der Waals surface area contributed by atoms with Gasteiger partial charge in [-0.25, -0.2) is 13.1 Å². The molecule has 104 valence electrons. The van der Waals surface area contributed by atoms with Gasteiger partial charge >= 0.3 is 0 Å². The molecule has 0 aliphatic carbocycles. The maximum atomic E-state index is 11.5. The van der Waals surface area contributed by atoms with Gasteiger partial charge < -0.3 is 14.6 Å². The van der Waals surface area contributed by atoms with Crippen molar-refractivity contribution in [2.75, 3.05) is 39.2 Å². The molecule has 7 heteroatoms. The Labute approximate surface area is 103 Å². The van der Waals surface area contributed by atoms with Gasteiger partial charge in [0.25, 0.3) is 0 Å². The minimum atomic E-state index is -3.39. The molecule has 0 aromatic carbocycles. The zero-order valence-corrected chi connectivity index (χ0v) is 11.5. The molecule has 0 aliphatic rings. The zero-order valence-electron chi connectivity index (χ0n) is 10.7. The van der Waals surface area contributed by atoms with Gasteiger partial charge in [0.2, 0.25) is 10.0 Å². The third-order valence-corrected chi connectivity index (χ3v) is 3.51. The molecule has 0 saturated heterocycles. The molecule has 0 amide bonds. The van der Waals surface area contributed by atoms with Crippen molar-refractivity contribution >= 4 is 10.0 Å². The first-order valence-corrected chi connectivity index (χ1v) is 7.24. The molecule has 0 bridgehead atoms. The molecular weight excluding hydrogens is 246 g/mol. The highest BCUT2D eigenvalue weighted by molar-refractivity contribution is 7.89. The Morgan fingerprint density at radius 3 is 2.53 bits per heavy atom. The number of hydrogen-bond donors (Lipinski definition) is 2. The van der Waals surface area contributed by atoms with E-state index >= 15 is 0 Å². The molecule has 0 aromatic rings. The van der Waals surface area contributed by atoms with Gasteiger partial charge in [-0.2, -0.15) is 0 Å². The average Bonchev–Trinajstić information content (AvgIpc) is 2.25. The molecule has 0 aliphatic heterocycles. The van der Waals surface area contributed by atoms with Crippen LogP contribution in [0.15, 0.2) is 0 Å². The van der Waals surface area contributed by atoms with E-state index in [1.54, 1.807) is 13.8 Å². The standard InChI is InChI=1S/C10H23NO5S/c1-4-16-7-8-17(13,14)11-9-10(2,12)5-6-15-3/h11-12H,4-9H2,1-3H3. The van der Waals surface area contributed by atoms with Crippen molar-refractivity contribution in [3.8, 4) is 0 Å². The maximum Gasteiger partial charge on any atom is 0.213 e. The summed E-state index contributed by atoms with van der Waals surface area (Å²) in [6, 6.07) is 0. The molecule has 0 heterocycles. The van der Waals surface area contributed by atoms with E-state index in [0.29, 0.717) is 19.6 Å². The lowest BCUT2D eigenvalue weighted by Crippen LogP contribution is -2.42. The Balaban J connectivity index is 3.99. The van der Waals surface area contributed by atoms with E-state index in [0.717, 1.165) is 0 Å². The van der Waals surface area contributed by atoms with Crippen molar-refractivity contribution in [1.82, 2.24) is 4.72 Å². The minimum Gasteiger partial charge on any atom is -0.389 e. The lowest BCUT2D eigenvalue weighted by Gasteiger charge is -2.23. The van der Waals surface area contributed by atoms with E-state index in [9.17, 15) is 13.5 Å². The summed E-state index contributed by atoms with van der Waals surface area (Å²) in [5, 5.41) is 9.84. The second-order valence-electron chi connectivity index (χ2n) is 4.08. The average molecular weight is 269 g/mol. The number of sulfonamides is 1. The minimum absolute atomic E-state index is 0.0230. The first-order valence-electron chi connectivity index (χ1n) is 5.59. The highest BCUT2D eigenvalue weighted by Crippen LogP contribution is 2.08. The summed E-state index contributed by atoms with van der Waals surface area (Å²) in [7, 11) is -1.86. The van der Waals surface area contributed by atoms with Gasteiger partial charge in [0.1, 0.15) is 0 Å². The molecule has 0 saturated carbocycles. The number of ether oxygens (including phenoxy) is 2. The monoisotopic (exact) mass is 269 g/mol. The number of rotatable bonds is 10. The molecule has 0 aromatic heterocycles. The number of hydrogen-bond acceptors (Lipinski definition) is 5. The van der Waals surface area contributed by atoms with Gasteiger partial charge in [0, 0.05) is 33.3 Å². The highest BCUT2D eigenvalue weighted by atomic mass is 32.2. The van der Waals surface area contributed by atoms with Crippen LogP contribution < -0.4 is 4.72 Å².